The monoisotopic (exact) mass is 337 g/mol. The fraction of sp³-hybridized carbons (Fsp3) is 0.333. The highest BCUT2D eigenvalue weighted by Crippen LogP contribution is 2.26. The molecule has 1 amide bonds. The van der Waals surface area contributed by atoms with E-state index in [1.54, 1.807) is 24.3 Å². The van der Waals surface area contributed by atoms with Crippen molar-refractivity contribution >= 4 is 17.4 Å². The predicted octanol–water partition coefficient (Wildman–Crippen LogP) is 2.17. The molecule has 0 radical (unpaired) electrons. The van der Waals surface area contributed by atoms with Crippen LogP contribution in [-0.4, -0.2) is 33.6 Å². The molecular weight excluding hydrogens is 318 g/mol. The highest BCUT2D eigenvalue weighted by Gasteiger charge is 2.25. The van der Waals surface area contributed by atoms with E-state index in [9.17, 15) is 9.90 Å². The van der Waals surface area contributed by atoms with Gasteiger partial charge in [0.1, 0.15) is 0 Å². The van der Waals surface area contributed by atoms with Gasteiger partial charge in [0.05, 0.1) is 17.7 Å². The number of carbonyl (C=O) groups is 1. The largest absolute Gasteiger partial charge is 0.393 e. The van der Waals surface area contributed by atoms with Crippen LogP contribution in [0.3, 0.4) is 0 Å². The Morgan fingerprint density at radius 1 is 1.32 bits per heavy atom. The number of amides is 1. The molecule has 25 heavy (non-hydrogen) atoms. The molecule has 0 spiro atoms. The zero-order valence-corrected chi connectivity index (χ0v) is 13.6. The quantitative estimate of drug-likeness (QED) is 0.771. The predicted molar refractivity (Wildman–Crippen MR) is 93.0 cm³/mol. The third-order valence-corrected chi connectivity index (χ3v) is 4.31. The molecule has 3 N–H and O–H groups in total. The number of hydrogen-bond donors (Lipinski definition) is 3. The standard InChI is InChI=1S/C18H19N5O2/c19-10-12-3-1-5-14(9-12)23-18(25)16-17(21-8-7-20-16)22-11-13-4-2-6-15(13)24/h1,3,5,7-9,13,15,24H,2,4,6,11H2,(H,21,22)(H,23,25)/t13?,15-/m1/s1. The average Bonchev–Trinajstić information content (AvgIpc) is 3.05. The second-order valence-corrected chi connectivity index (χ2v) is 6.04. The summed E-state index contributed by atoms with van der Waals surface area (Å²) in [6, 6.07) is 8.70. The summed E-state index contributed by atoms with van der Waals surface area (Å²) in [5.41, 5.74) is 1.16. The zero-order valence-electron chi connectivity index (χ0n) is 13.6. The van der Waals surface area contributed by atoms with Crippen LogP contribution in [0.5, 0.6) is 0 Å². The molecule has 0 aliphatic heterocycles. The number of aliphatic hydroxyl groups excluding tert-OH is 1. The fourth-order valence-corrected chi connectivity index (χ4v) is 2.97. The molecule has 1 saturated carbocycles. The molecule has 1 aromatic carbocycles. The molecule has 1 aromatic heterocycles. The van der Waals surface area contributed by atoms with Gasteiger partial charge in [-0.2, -0.15) is 5.26 Å². The van der Waals surface area contributed by atoms with Gasteiger partial charge in [0.15, 0.2) is 11.5 Å². The van der Waals surface area contributed by atoms with E-state index in [1.165, 1.54) is 12.4 Å². The molecule has 0 bridgehead atoms. The lowest BCUT2D eigenvalue weighted by Crippen LogP contribution is -2.24. The van der Waals surface area contributed by atoms with E-state index < -0.39 is 5.91 Å². The fourth-order valence-electron chi connectivity index (χ4n) is 2.97. The molecule has 7 heteroatoms. The lowest BCUT2D eigenvalue weighted by molar-refractivity contribution is 0.102. The topological polar surface area (TPSA) is 111 Å². The maximum atomic E-state index is 12.5. The molecule has 2 aromatic rings. The summed E-state index contributed by atoms with van der Waals surface area (Å²) in [7, 11) is 0. The summed E-state index contributed by atoms with van der Waals surface area (Å²) in [6.07, 6.45) is 5.44. The summed E-state index contributed by atoms with van der Waals surface area (Å²) >= 11 is 0. The maximum absolute atomic E-state index is 12.5. The van der Waals surface area contributed by atoms with Crippen molar-refractivity contribution in [3.05, 3.63) is 47.9 Å². The lowest BCUT2D eigenvalue weighted by atomic mass is 10.1. The van der Waals surface area contributed by atoms with Crippen LogP contribution in [0.1, 0.15) is 35.3 Å². The highest BCUT2D eigenvalue weighted by atomic mass is 16.3. The van der Waals surface area contributed by atoms with Crippen LogP contribution < -0.4 is 10.6 Å². The molecule has 1 unspecified atom stereocenters. The second-order valence-electron chi connectivity index (χ2n) is 6.04. The molecule has 1 aliphatic rings. The molecule has 2 atom stereocenters. The van der Waals surface area contributed by atoms with Gasteiger partial charge in [-0.1, -0.05) is 12.5 Å². The van der Waals surface area contributed by atoms with E-state index in [-0.39, 0.29) is 17.7 Å². The maximum Gasteiger partial charge on any atom is 0.278 e. The Balaban J connectivity index is 1.71. The van der Waals surface area contributed by atoms with Crippen molar-refractivity contribution in [2.75, 3.05) is 17.2 Å². The van der Waals surface area contributed by atoms with Crippen molar-refractivity contribution in [2.45, 2.75) is 25.4 Å². The van der Waals surface area contributed by atoms with Gasteiger partial charge in [0.2, 0.25) is 0 Å². The minimum absolute atomic E-state index is 0.158. The van der Waals surface area contributed by atoms with Gasteiger partial charge in [-0.25, -0.2) is 9.97 Å². The lowest BCUT2D eigenvalue weighted by Gasteiger charge is -2.16. The zero-order chi connectivity index (χ0) is 17.6. The van der Waals surface area contributed by atoms with Gasteiger partial charge < -0.3 is 15.7 Å². The van der Waals surface area contributed by atoms with Crippen LogP contribution in [0.15, 0.2) is 36.7 Å². The molecule has 1 fully saturated rings. The van der Waals surface area contributed by atoms with E-state index in [0.29, 0.717) is 23.6 Å². The Hall–Kier alpha value is -2.98. The minimum atomic E-state index is -0.405. The minimum Gasteiger partial charge on any atom is -0.393 e. The van der Waals surface area contributed by atoms with Gasteiger partial charge in [-0.05, 0) is 31.0 Å². The van der Waals surface area contributed by atoms with Crippen molar-refractivity contribution < 1.29 is 9.90 Å². The first-order valence-electron chi connectivity index (χ1n) is 8.22. The third-order valence-electron chi connectivity index (χ3n) is 4.31. The van der Waals surface area contributed by atoms with Crippen LogP contribution >= 0.6 is 0 Å². The van der Waals surface area contributed by atoms with E-state index >= 15 is 0 Å². The third kappa shape index (κ3) is 4.11. The normalized spacial score (nSPS) is 19.2. The van der Waals surface area contributed by atoms with Gasteiger partial charge >= 0.3 is 0 Å². The van der Waals surface area contributed by atoms with Crippen molar-refractivity contribution in [3.8, 4) is 6.07 Å². The van der Waals surface area contributed by atoms with Crippen LogP contribution in [-0.2, 0) is 0 Å². The van der Waals surface area contributed by atoms with Crippen LogP contribution in [0, 0.1) is 17.2 Å². The van der Waals surface area contributed by atoms with Crippen LogP contribution in [0.25, 0.3) is 0 Å². The van der Waals surface area contributed by atoms with E-state index in [0.717, 1.165) is 19.3 Å². The SMILES string of the molecule is N#Cc1cccc(NC(=O)c2nccnc2NCC2CCC[C@H]2O)c1. The molecule has 3 rings (SSSR count). The number of carbonyl (C=O) groups excluding carboxylic acids is 1. The summed E-state index contributed by atoms with van der Waals surface area (Å²) < 4.78 is 0. The van der Waals surface area contributed by atoms with Gasteiger partial charge in [-0.3, -0.25) is 4.79 Å². The van der Waals surface area contributed by atoms with Crippen molar-refractivity contribution in [1.29, 1.82) is 5.26 Å². The van der Waals surface area contributed by atoms with E-state index in [1.807, 2.05) is 6.07 Å². The number of aromatic nitrogens is 2. The molecule has 1 heterocycles. The Kier molecular flexibility index (Phi) is 5.21. The number of nitrogens with one attached hydrogen (secondary N) is 2. The van der Waals surface area contributed by atoms with E-state index in [4.69, 9.17) is 5.26 Å². The molecular formula is C18H19N5O2. The summed E-state index contributed by atoms with van der Waals surface area (Å²) in [6.45, 7) is 0.546. The Labute approximate surface area is 145 Å². The number of anilines is 2. The molecule has 128 valence electrons. The van der Waals surface area contributed by atoms with Gasteiger partial charge in [-0.15, -0.1) is 0 Å². The first-order valence-corrected chi connectivity index (χ1v) is 8.22. The number of rotatable bonds is 5. The van der Waals surface area contributed by atoms with Crippen molar-refractivity contribution in [2.24, 2.45) is 5.92 Å². The van der Waals surface area contributed by atoms with Crippen LogP contribution in [0.2, 0.25) is 0 Å². The van der Waals surface area contributed by atoms with Gasteiger partial charge in [0.25, 0.3) is 5.91 Å². The number of hydrogen-bond acceptors (Lipinski definition) is 6. The Morgan fingerprint density at radius 2 is 2.16 bits per heavy atom. The molecule has 1 aliphatic carbocycles. The molecule has 7 nitrogen and oxygen atoms in total. The number of aliphatic hydroxyl groups is 1. The Bertz CT molecular complexity index is 802. The van der Waals surface area contributed by atoms with Crippen molar-refractivity contribution in [1.82, 2.24) is 9.97 Å². The summed E-state index contributed by atoms with van der Waals surface area (Å²) in [4.78, 5) is 20.8. The average molecular weight is 337 g/mol. The highest BCUT2D eigenvalue weighted by molar-refractivity contribution is 6.05. The number of benzene rings is 1. The first kappa shape index (κ1) is 16.9. The number of nitrogens with zero attached hydrogens (tertiary/aromatic N) is 3. The van der Waals surface area contributed by atoms with Crippen molar-refractivity contribution in [3.63, 3.8) is 0 Å². The van der Waals surface area contributed by atoms with Gasteiger partial charge in [0, 0.05) is 30.5 Å². The van der Waals surface area contributed by atoms with Crippen LogP contribution in [0.4, 0.5) is 11.5 Å². The second kappa shape index (κ2) is 7.73. The first-order chi connectivity index (χ1) is 12.2. The summed E-state index contributed by atoms with van der Waals surface area (Å²) in [5.74, 6) is 0.137. The Morgan fingerprint density at radius 3 is 2.92 bits per heavy atom. The number of nitriles is 1. The smallest absolute Gasteiger partial charge is 0.278 e. The summed E-state index contributed by atoms with van der Waals surface area (Å²) in [5, 5.41) is 24.7. The van der Waals surface area contributed by atoms with E-state index in [2.05, 4.69) is 20.6 Å². The molecule has 0 saturated heterocycles.